The number of furan rings is 2. The quantitative estimate of drug-likeness (QED) is 0.696. The van der Waals surface area contributed by atoms with E-state index in [2.05, 4.69) is 10.3 Å². The molecular weight excluding hydrogens is 360 g/mol. The van der Waals surface area contributed by atoms with Gasteiger partial charge in [-0.05, 0) is 19.1 Å². The van der Waals surface area contributed by atoms with Gasteiger partial charge in [-0.3, -0.25) is 0 Å². The van der Waals surface area contributed by atoms with E-state index in [1.165, 1.54) is 33.3 Å². The van der Waals surface area contributed by atoms with Crippen molar-refractivity contribution in [2.24, 2.45) is 0 Å². The topological polar surface area (TPSA) is 126 Å². The summed E-state index contributed by atoms with van der Waals surface area (Å²) >= 11 is 0. The number of nitrogens with zero attached hydrogens (tertiary/aromatic N) is 3. The molecule has 0 amide bonds. The van der Waals surface area contributed by atoms with Crippen LogP contribution < -0.4 is 5.32 Å². The van der Waals surface area contributed by atoms with Crippen LogP contribution in [0.5, 0.6) is 0 Å². The summed E-state index contributed by atoms with van der Waals surface area (Å²) in [7, 11) is -0.811. The number of rotatable bonds is 6. The van der Waals surface area contributed by atoms with Crippen LogP contribution in [-0.4, -0.2) is 31.8 Å². The molecule has 3 rings (SSSR count). The van der Waals surface area contributed by atoms with Crippen LogP contribution >= 0.6 is 0 Å². The van der Waals surface area contributed by atoms with Gasteiger partial charge in [0.2, 0.25) is 21.6 Å². The molecule has 0 aliphatic carbocycles. The lowest BCUT2D eigenvalue weighted by Crippen LogP contribution is -2.22. The Balaban J connectivity index is 1.92. The number of hydrogen-bond acceptors (Lipinski definition) is 8. The van der Waals surface area contributed by atoms with Gasteiger partial charge in [0.1, 0.15) is 22.5 Å². The molecule has 1 N–H and O–H groups in total. The van der Waals surface area contributed by atoms with E-state index in [1.54, 1.807) is 12.1 Å². The zero-order valence-electron chi connectivity index (χ0n) is 14.3. The predicted molar refractivity (Wildman–Crippen MR) is 90.6 cm³/mol. The highest BCUT2D eigenvalue weighted by Crippen LogP contribution is 2.31. The SMILES string of the molecule is Cc1oc(-c2nc(C#N)c(NCc3ccco3)o2)cc1S(=O)(=O)N(C)C. The molecule has 0 fully saturated rings. The van der Waals surface area contributed by atoms with Crippen molar-refractivity contribution in [2.45, 2.75) is 18.4 Å². The third-order valence-electron chi connectivity index (χ3n) is 3.58. The van der Waals surface area contributed by atoms with E-state index in [0.29, 0.717) is 12.3 Å². The van der Waals surface area contributed by atoms with Gasteiger partial charge in [0.15, 0.2) is 5.76 Å². The number of oxazole rings is 1. The largest absolute Gasteiger partial charge is 0.467 e. The molecule has 0 radical (unpaired) electrons. The third-order valence-corrected chi connectivity index (χ3v) is 5.50. The monoisotopic (exact) mass is 376 g/mol. The second kappa shape index (κ2) is 6.70. The maximum absolute atomic E-state index is 12.3. The first-order valence-corrected chi connectivity index (χ1v) is 8.97. The fraction of sp³-hybridized carbons (Fsp3) is 0.250. The molecule has 3 aromatic rings. The zero-order valence-corrected chi connectivity index (χ0v) is 15.1. The van der Waals surface area contributed by atoms with Crippen molar-refractivity contribution >= 4 is 15.9 Å². The molecule has 0 unspecified atom stereocenters. The van der Waals surface area contributed by atoms with Gasteiger partial charge in [0, 0.05) is 20.2 Å². The van der Waals surface area contributed by atoms with Crippen molar-refractivity contribution in [1.29, 1.82) is 5.26 Å². The standard InChI is InChI=1S/C16H16N4O5S/c1-10-14(26(21,22)20(2)3)7-13(24-10)16-19-12(8-17)15(25-16)18-9-11-5-4-6-23-11/h4-7,18H,9H2,1-3H3. The lowest BCUT2D eigenvalue weighted by atomic mass is 10.4. The minimum atomic E-state index is -3.67. The summed E-state index contributed by atoms with van der Waals surface area (Å²) in [6, 6.07) is 6.76. The molecule has 0 saturated heterocycles. The summed E-state index contributed by atoms with van der Waals surface area (Å²) in [5, 5.41) is 12.1. The molecule has 0 spiro atoms. The van der Waals surface area contributed by atoms with E-state index in [1.807, 2.05) is 6.07 Å². The van der Waals surface area contributed by atoms with E-state index in [-0.39, 0.29) is 33.9 Å². The van der Waals surface area contributed by atoms with E-state index in [9.17, 15) is 13.7 Å². The Morgan fingerprint density at radius 3 is 2.73 bits per heavy atom. The average Bonchev–Trinajstić information content (AvgIpc) is 3.31. The van der Waals surface area contributed by atoms with Gasteiger partial charge in [0.25, 0.3) is 5.89 Å². The first-order valence-electron chi connectivity index (χ1n) is 7.53. The molecule has 9 nitrogen and oxygen atoms in total. The van der Waals surface area contributed by atoms with E-state index in [4.69, 9.17) is 13.3 Å². The van der Waals surface area contributed by atoms with Crippen LogP contribution in [0.4, 0.5) is 5.88 Å². The van der Waals surface area contributed by atoms with Gasteiger partial charge in [-0.15, -0.1) is 0 Å². The van der Waals surface area contributed by atoms with Crippen LogP contribution in [-0.2, 0) is 16.6 Å². The highest BCUT2D eigenvalue weighted by Gasteiger charge is 2.26. The lowest BCUT2D eigenvalue weighted by molar-refractivity contribution is 0.489. The zero-order chi connectivity index (χ0) is 18.9. The summed E-state index contributed by atoms with van der Waals surface area (Å²) in [5.41, 5.74) is 0.0256. The number of sulfonamides is 1. The molecule has 3 heterocycles. The van der Waals surface area contributed by atoms with Crippen molar-refractivity contribution in [3.63, 3.8) is 0 Å². The second-order valence-electron chi connectivity index (χ2n) is 5.56. The number of nitrogens with one attached hydrogen (secondary N) is 1. The Bertz CT molecular complexity index is 1060. The normalized spacial score (nSPS) is 11.7. The fourth-order valence-corrected chi connectivity index (χ4v) is 3.28. The predicted octanol–water partition coefficient (Wildman–Crippen LogP) is 2.57. The van der Waals surface area contributed by atoms with E-state index in [0.717, 1.165) is 4.31 Å². The average molecular weight is 376 g/mol. The molecule has 0 bridgehead atoms. The fourth-order valence-electron chi connectivity index (χ4n) is 2.23. The number of aromatic nitrogens is 1. The molecule has 3 aromatic heterocycles. The first kappa shape index (κ1) is 17.8. The molecular formula is C16H16N4O5S. The molecule has 136 valence electrons. The Morgan fingerprint density at radius 2 is 2.12 bits per heavy atom. The minimum Gasteiger partial charge on any atom is -0.467 e. The van der Waals surface area contributed by atoms with E-state index < -0.39 is 10.0 Å². The summed E-state index contributed by atoms with van der Waals surface area (Å²) in [6.07, 6.45) is 1.53. The maximum Gasteiger partial charge on any atom is 0.266 e. The van der Waals surface area contributed by atoms with Gasteiger partial charge < -0.3 is 18.6 Å². The molecule has 0 atom stereocenters. The Morgan fingerprint density at radius 1 is 1.35 bits per heavy atom. The van der Waals surface area contributed by atoms with Crippen molar-refractivity contribution < 1.29 is 21.7 Å². The Hall–Kier alpha value is -3.03. The van der Waals surface area contributed by atoms with Crippen LogP contribution in [0.3, 0.4) is 0 Å². The highest BCUT2D eigenvalue weighted by molar-refractivity contribution is 7.89. The maximum atomic E-state index is 12.3. The van der Waals surface area contributed by atoms with Gasteiger partial charge in [-0.2, -0.15) is 10.2 Å². The Labute approximate surface area is 149 Å². The molecule has 0 aliphatic heterocycles. The van der Waals surface area contributed by atoms with Crippen molar-refractivity contribution in [3.05, 3.63) is 41.7 Å². The number of nitriles is 1. The van der Waals surface area contributed by atoms with Crippen molar-refractivity contribution in [3.8, 4) is 17.7 Å². The van der Waals surface area contributed by atoms with Crippen molar-refractivity contribution in [2.75, 3.05) is 19.4 Å². The van der Waals surface area contributed by atoms with Crippen LogP contribution in [0, 0.1) is 18.3 Å². The molecule has 26 heavy (non-hydrogen) atoms. The van der Waals surface area contributed by atoms with Gasteiger partial charge in [-0.25, -0.2) is 12.7 Å². The van der Waals surface area contributed by atoms with Gasteiger partial charge in [-0.1, -0.05) is 0 Å². The molecule has 10 heteroatoms. The summed E-state index contributed by atoms with van der Waals surface area (Å²) in [4.78, 5) is 4.07. The number of anilines is 1. The molecule has 0 saturated carbocycles. The van der Waals surface area contributed by atoms with Crippen molar-refractivity contribution in [1.82, 2.24) is 9.29 Å². The van der Waals surface area contributed by atoms with Crippen LogP contribution in [0.1, 0.15) is 17.2 Å². The van der Waals surface area contributed by atoms with Gasteiger partial charge >= 0.3 is 0 Å². The number of hydrogen-bond donors (Lipinski definition) is 1. The molecule has 0 aliphatic rings. The smallest absolute Gasteiger partial charge is 0.266 e. The van der Waals surface area contributed by atoms with Gasteiger partial charge in [0.05, 0.1) is 12.8 Å². The minimum absolute atomic E-state index is 0.00630. The lowest BCUT2D eigenvalue weighted by Gasteiger charge is -2.09. The summed E-state index contributed by atoms with van der Waals surface area (Å²) in [5.74, 6) is 1.12. The van der Waals surface area contributed by atoms with Crippen LogP contribution in [0.25, 0.3) is 11.7 Å². The van der Waals surface area contributed by atoms with Crippen LogP contribution in [0.2, 0.25) is 0 Å². The third kappa shape index (κ3) is 3.22. The summed E-state index contributed by atoms with van der Waals surface area (Å²) < 4.78 is 41.9. The Kier molecular flexibility index (Phi) is 4.58. The highest BCUT2D eigenvalue weighted by atomic mass is 32.2. The number of aryl methyl sites for hydroxylation is 1. The van der Waals surface area contributed by atoms with E-state index >= 15 is 0 Å². The molecule has 0 aromatic carbocycles. The first-order chi connectivity index (χ1) is 12.3. The summed E-state index contributed by atoms with van der Waals surface area (Å²) in [6.45, 7) is 1.83. The van der Waals surface area contributed by atoms with Crippen LogP contribution in [0.15, 0.2) is 42.6 Å². The second-order valence-corrected chi connectivity index (χ2v) is 7.68.